The molecule has 0 aromatic heterocycles. The molecule has 1 saturated heterocycles. The molecule has 0 bridgehead atoms. The molecule has 0 aliphatic carbocycles. The molecule has 11 heteroatoms. The van der Waals surface area contributed by atoms with E-state index in [1.807, 2.05) is 42.5 Å². The van der Waals surface area contributed by atoms with Crippen molar-refractivity contribution in [2.24, 2.45) is 0 Å². The van der Waals surface area contributed by atoms with Crippen LogP contribution in [0.3, 0.4) is 0 Å². The highest BCUT2D eigenvalue weighted by Crippen LogP contribution is 2.26. The molecule has 1 amide bonds. The van der Waals surface area contributed by atoms with Gasteiger partial charge in [-0.2, -0.15) is 0 Å². The summed E-state index contributed by atoms with van der Waals surface area (Å²) in [5.41, 5.74) is 0. The standard InChI is InChI=1S/C70H121NO10/c1-4-7-10-13-16-19-22-25-26-27-28-29-30-31-32-33-34-35-36-37-40-42-45-48-51-54-57-63(74)69(78)71-61(62(73)56-53-50-47-44-41-38-23-20-17-14-11-8-5-2)60-79-70-68(67(77)66(76)64(59-72)80-70)81-65(75)58-55-52-49-46-43-39-24-21-18-15-12-9-6-3/h9,12,15-16,18-19,21,24-26,28-29,39,43,53,56,61-64,66-68,70,72-74,76-77H,4-8,10-11,13-14,17,20,22-23,27,30-38,40-42,44-52,54-55,57-60H2,1-3H3,(H,71,78)/b12-9+,18-15+,19-16-,24-21-,26-25-,29-28-,43-39-,56-53+. The predicted molar refractivity (Wildman–Crippen MR) is 338 cm³/mol. The van der Waals surface area contributed by atoms with Crippen LogP contribution in [0.4, 0.5) is 0 Å². The number of aliphatic hydroxyl groups is 5. The summed E-state index contributed by atoms with van der Waals surface area (Å²) in [6.45, 7) is 5.60. The van der Waals surface area contributed by atoms with Gasteiger partial charge in [-0.15, -0.1) is 0 Å². The Kier molecular flexibility index (Phi) is 53.2. The number of amides is 1. The van der Waals surface area contributed by atoms with Gasteiger partial charge in [-0.3, -0.25) is 9.59 Å². The Morgan fingerprint density at radius 2 is 0.938 bits per heavy atom. The van der Waals surface area contributed by atoms with E-state index in [-0.39, 0.29) is 19.4 Å². The van der Waals surface area contributed by atoms with Crippen LogP contribution in [0.1, 0.15) is 271 Å². The van der Waals surface area contributed by atoms with Crippen molar-refractivity contribution in [2.45, 2.75) is 320 Å². The summed E-state index contributed by atoms with van der Waals surface area (Å²) in [5, 5.41) is 57.0. The molecule has 0 spiro atoms. The highest BCUT2D eigenvalue weighted by atomic mass is 16.7. The van der Waals surface area contributed by atoms with Crippen LogP contribution in [0.15, 0.2) is 97.2 Å². The third kappa shape index (κ3) is 44.7. The number of esters is 1. The van der Waals surface area contributed by atoms with E-state index in [4.69, 9.17) is 14.2 Å². The van der Waals surface area contributed by atoms with E-state index in [1.165, 1.54) is 148 Å². The lowest BCUT2D eigenvalue weighted by Gasteiger charge is -2.41. The van der Waals surface area contributed by atoms with Gasteiger partial charge in [0.25, 0.3) is 0 Å². The quantitative estimate of drug-likeness (QED) is 0.0149. The van der Waals surface area contributed by atoms with Crippen molar-refractivity contribution in [3.63, 3.8) is 0 Å². The number of hydrogen-bond donors (Lipinski definition) is 6. The maximum atomic E-state index is 13.5. The van der Waals surface area contributed by atoms with Gasteiger partial charge in [0.1, 0.15) is 24.4 Å². The van der Waals surface area contributed by atoms with E-state index in [0.717, 1.165) is 77.0 Å². The lowest BCUT2D eigenvalue weighted by atomic mass is 9.99. The van der Waals surface area contributed by atoms with Crippen LogP contribution < -0.4 is 5.32 Å². The molecule has 0 saturated carbocycles. The molecule has 8 atom stereocenters. The first kappa shape index (κ1) is 75.6. The Balaban J connectivity index is 2.61. The Hall–Kier alpha value is -3.42. The zero-order valence-electron chi connectivity index (χ0n) is 51.6. The molecule has 6 N–H and O–H groups in total. The number of allylic oxidation sites excluding steroid dienone is 15. The Labute approximate surface area is 495 Å². The van der Waals surface area contributed by atoms with Gasteiger partial charge >= 0.3 is 5.97 Å². The molecule has 1 rings (SSSR count). The van der Waals surface area contributed by atoms with Crippen LogP contribution in [0.25, 0.3) is 0 Å². The van der Waals surface area contributed by atoms with E-state index >= 15 is 0 Å². The molecular formula is C70H121NO10. The van der Waals surface area contributed by atoms with Crippen LogP contribution in [0, 0.1) is 0 Å². The molecule has 11 nitrogen and oxygen atoms in total. The lowest BCUT2D eigenvalue weighted by Crippen LogP contribution is -2.61. The maximum absolute atomic E-state index is 13.5. The number of rotatable bonds is 55. The number of aliphatic hydroxyl groups excluding tert-OH is 5. The van der Waals surface area contributed by atoms with Gasteiger partial charge in [-0.05, 0) is 83.5 Å². The topological polar surface area (TPSA) is 175 Å². The van der Waals surface area contributed by atoms with Crippen LogP contribution in [-0.2, 0) is 23.8 Å². The number of unbranched alkanes of at least 4 members (excludes halogenated alkanes) is 30. The lowest BCUT2D eigenvalue weighted by molar-refractivity contribution is -0.305. The second kappa shape index (κ2) is 57.0. The van der Waals surface area contributed by atoms with E-state index in [9.17, 15) is 35.1 Å². The number of carbonyl (C=O) groups is 2. The molecule has 1 aliphatic heterocycles. The summed E-state index contributed by atoms with van der Waals surface area (Å²) in [6, 6.07) is -1.04. The molecule has 0 aromatic rings. The fourth-order valence-corrected chi connectivity index (χ4v) is 9.85. The summed E-state index contributed by atoms with van der Waals surface area (Å²) >= 11 is 0. The van der Waals surface area contributed by atoms with E-state index in [1.54, 1.807) is 6.08 Å². The fraction of sp³-hybridized carbons (Fsp3) is 0.743. The molecule has 0 aromatic carbocycles. The monoisotopic (exact) mass is 1140 g/mol. The molecule has 1 fully saturated rings. The highest BCUT2D eigenvalue weighted by Gasteiger charge is 2.47. The van der Waals surface area contributed by atoms with Gasteiger partial charge in [-0.1, -0.05) is 279 Å². The summed E-state index contributed by atoms with van der Waals surface area (Å²) < 4.78 is 17.6. The van der Waals surface area contributed by atoms with Crippen molar-refractivity contribution >= 4 is 11.9 Å². The van der Waals surface area contributed by atoms with Crippen LogP contribution in [0.2, 0.25) is 0 Å². The number of ether oxygens (including phenoxy) is 3. The minimum absolute atomic E-state index is 0.0741. The van der Waals surface area contributed by atoms with Crippen molar-refractivity contribution in [2.75, 3.05) is 13.2 Å². The molecule has 81 heavy (non-hydrogen) atoms. The minimum atomic E-state index is -1.63. The third-order valence-corrected chi connectivity index (χ3v) is 15.1. The predicted octanol–water partition coefficient (Wildman–Crippen LogP) is 16.3. The molecule has 1 aliphatic rings. The largest absolute Gasteiger partial charge is 0.454 e. The van der Waals surface area contributed by atoms with Crippen LogP contribution >= 0.6 is 0 Å². The average Bonchev–Trinajstić information content (AvgIpc) is 3.50. The van der Waals surface area contributed by atoms with Crippen molar-refractivity contribution in [1.82, 2.24) is 5.32 Å². The Morgan fingerprint density at radius 1 is 0.506 bits per heavy atom. The molecule has 8 unspecified atom stereocenters. The smallest absolute Gasteiger partial charge is 0.306 e. The zero-order chi connectivity index (χ0) is 58.9. The summed E-state index contributed by atoms with van der Waals surface area (Å²) in [7, 11) is 0. The maximum Gasteiger partial charge on any atom is 0.306 e. The van der Waals surface area contributed by atoms with Crippen LogP contribution in [0.5, 0.6) is 0 Å². The number of carbonyl (C=O) groups excluding carboxylic acids is 2. The Bertz CT molecular complexity index is 1690. The van der Waals surface area contributed by atoms with Crippen LogP contribution in [-0.4, -0.2) is 99.6 Å². The summed E-state index contributed by atoms with van der Waals surface area (Å²) in [4.78, 5) is 26.6. The number of hydrogen-bond acceptors (Lipinski definition) is 10. The summed E-state index contributed by atoms with van der Waals surface area (Å²) in [6.07, 6.45) is 66.0. The van der Waals surface area contributed by atoms with Gasteiger partial charge in [0.15, 0.2) is 12.4 Å². The first-order chi connectivity index (χ1) is 39.7. The number of nitrogens with one attached hydrogen (secondary N) is 1. The van der Waals surface area contributed by atoms with Crippen molar-refractivity contribution in [1.29, 1.82) is 0 Å². The van der Waals surface area contributed by atoms with Crippen molar-refractivity contribution in [3.8, 4) is 0 Å². The zero-order valence-corrected chi connectivity index (χ0v) is 51.6. The van der Waals surface area contributed by atoms with E-state index in [2.05, 4.69) is 74.7 Å². The molecule has 1 heterocycles. The second-order valence-electron chi connectivity index (χ2n) is 22.6. The minimum Gasteiger partial charge on any atom is -0.454 e. The van der Waals surface area contributed by atoms with Crippen molar-refractivity contribution in [3.05, 3.63) is 97.2 Å². The van der Waals surface area contributed by atoms with E-state index in [0.29, 0.717) is 12.8 Å². The van der Waals surface area contributed by atoms with E-state index < -0.39 is 67.4 Å². The van der Waals surface area contributed by atoms with Gasteiger partial charge < -0.3 is 45.1 Å². The first-order valence-electron chi connectivity index (χ1n) is 33.1. The Morgan fingerprint density at radius 3 is 1.47 bits per heavy atom. The SMILES string of the molecule is CC/C=C/C=C/C=C\C=C/CCCCCC(=O)OC1C(OCC(NC(=O)C(O)CCCCCCCCCCCCCCC/C=C\C/C=C\C/C=C\CCCCC)C(O)/C=C/CCCCCCCCCCCCC)OC(CO)C(O)C1O. The van der Waals surface area contributed by atoms with Gasteiger partial charge in [0.05, 0.1) is 25.4 Å². The molecular weight excluding hydrogens is 1010 g/mol. The van der Waals surface area contributed by atoms with Crippen molar-refractivity contribution < 1.29 is 49.3 Å². The first-order valence-corrected chi connectivity index (χ1v) is 33.1. The average molecular weight is 1140 g/mol. The van der Waals surface area contributed by atoms with Gasteiger partial charge in [0, 0.05) is 6.42 Å². The summed E-state index contributed by atoms with van der Waals surface area (Å²) in [5.74, 6) is -1.24. The second-order valence-corrected chi connectivity index (χ2v) is 22.6. The van der Waals surface area contributed by atoms with Gasteiger partial charge in [0.2, 0.25) is 5.91 Å². The highest BCUT2D eigenvalue weighted by molar-refractivity contribution is 5.80. The van der Waals surface area contributed by atoms with Gasteiger partial charge in [-0.25, -0.2) is 0 Å². The fourth-order valence-electron chi connectivity index (χ4n) is 9.85. The normalized spacial score (nSPS) is 19.3. The molecule has 466 valence electrons. The molecule has 0 radical (unpaired) electrons. The third-order valence-electron chi connectivity index (χ3n) is 15.1.